The van der Waals surface area contributed by atoms with Crippen LogP contribution in [0.2, 0.25) is 0 Å². The Morgan fingerprint density at radius 3 is 2.73 bits per heavy atom. The molecule has 0 fully saturated rings. The monoisotopic (exact) mass is 330 g/mol. The second kappa shape index (κ2) is 6.25. The average molecular weight is 330 g/mol. The number of nitrogens with one attached hydrogen (secondary N) is 1. The lowest BCUT2D eigenvalue weighted by Gasteiger charge is -2.03. The van der Waals surface area contributed by atoms with E-state index in [1.54, 1.807) is 29.3 Å². The van der Waals surface area contributed by atoms with Gasteiger partial charge in [0.2, 0.25) is 4.77 Å². The molecule has 0 radical (unpaired) electrons. The molecule has 7 heteroatoms. The molecule has 0 saturated heterocycles. The van der Waals surface area contributed by atoms with Crippen LogP contribution in [0, 0.1) is 11.7 Å². The van der Waals surface area contributed by atoms with Crippen molar-refractivity contribution in [3.8, 4) is 17.1 Å². The number of methoxy groups -OCH3 is 1. The van der Waals surface area contributed by atoms with Crippen LogP contribution in [0.25, 0.3) is 11.4 Å². The van der Waals surface area contributed by atoms with E-state index in [0.717, 1.165) is 16.2 Å². The number of hydrogen-bond donors (Lipinski definition) is 1. The van der Waals surface area contributed by atoms with Gasteiger partial charge in [0, 0.05) is 5.56 Å². The van der Waals surface area contributed by atoms with Gasteiger partial charge in [-0.25, -0.2) is 5.10 Å². The Bertz CT molecular complexity index is 858. The van der Waals surface area contributed by atoms with Gasteiger partial charge in [0.25, 0.3) is 0 Å². The average Bonchev–Trinajstić information content (AvgIpc) is 3.11. The smallest absolute Gasteiger partial charge is 0.216 e. The summed E-state index contributed by atoms with van der Waals surface area (Å²) in [6, 6.07) is 9.67. The fourth-order valence-electron chi connectivity index (χ4n) is 1.95. The highest BCUT2D eigenvalue weighted by molar-refractivity contribution is 7.71. The summed E-state index contributed by atoms with van der Waals surface area (Å²) in [6.07, 6.45) is 1.80. The molecule has 0 aliphatic heterocycles. The lowest BCUT2D eigenvalue weighted by Crippen LogP contribution is -1.95. The van der Waals surface area contributed by atoms with Gasteiger partial charge in [-0.05, 0) is 60.4 Å². The lowest BCUT2D eigenvalue weighted by molar-refractivity contribution is 0.415. The van der Waals surface area contributed by atoms with Crippen LogP contribution < -0.4 is 4.74 Å². The molecule has 0 saturated carbocycles. The quantitative estimate of drug-likeness (QED) is 0.583. The Kier molecular flexibility index (Phi) is 4.17. The minimum atomic E-state index is 0.455. The maximum Gasteiger partial charge on any atom is 0.216 e. The Hall–Kier alpha value is -2.25. The zero-order valence-electron chi connectivity index (χ0n) is 12.1. The maximum atomic E-state index is 5.26. The van der Waals surface area contributed by atoms with Crippen molar-refractivity contribution in [3.63, 3.8) is 0 Å². The van der Waals surface area contributed by atoms with E-state index in [9.17, 15) is 0 Å². The summed E-state index contributed by atoms with van der Waals surface area (Å²) in [6.45, 7) is 2.05. The van der Waals surface area contributed by atoms with Gasteiger partial charge < -0.3 is 4.74 Å². The van der Waals surface area contributed by atoms with E-state index in [-0.39, 0.29) is 0 Å². The van der Waals surface area contributed by atoms with Crippen LogP contribution in [0.15, 0.2) is 40.8 Å². The highest BCUT2D eigenvalue weighted by Crippen LogP contribution is 2.21. The van der Waals surface area contributed by atoms with E-state index in [0.29, 0.717) is 10.6 Å². The summed E-state index contributed by atoms with van der Waals surface area (Å²) in [7, 11) is 1.64. The molecule has 0 atom stereocenters. The molecule has 1 aromatic carbocycles. The molecule has 2 aromatic heterocycles. The van der Waals surface area contributed by atoms with Gasteiger partial charge in [-0.15, -0.1) is 11.3 Å². The topological polar surface area (TPSA) is 55.2 Å². The van der Waals surface area contributed by atoms with Gasteiger partial charge >= 0.3 is 0 Å². The van der Waals surface area contributed by atoms with Gasteiger partial charge in [0.1, 0.15) is 5.75 Å². The molecule has 0 amide bonds. The summed E-state index contributed by atoms with van der Waals surface area (Å²) in [5, 5.41) is 13.5. The molecular weight excluding hydrogens is 316 g/mol. The number of nitrogens with zero attached hydrogens (tertiary/aromatic N) is 3. The molecule has 3 aromatic rings. The van der Waals surface area contributed by atoms with E-state index in [1.807, 2.05) is 29.6 Å². The van der Waals surface area contributed by atoms with Crippen LogP contribution in [-0.2, 0) is 0 Å². The Morgan fingerprint density at radius 2 is 2.09 bits per heavy atom. The standard InChI is InChI=1S/C15H14N4OS2/c1-10-7-8-22-13(10)9-16-19-14(17-18-15(19)21)11-3-5-12(20-2)6-4-11/h3-9H,1-2H3,(H,18,21)/b16-9-. The Balaban J connectivity index is 1.98. The number of aryl methyl sites for hydroxylation is 1. The Labute approximate surface area is 136 Å². The predicted molar refractivity (Wildman–Crippen MR) is 91.4 cm³/mol. The Morgan fingerprint density at radius 1 is 1.32 bits per heavy atom. The number of thiophene rings is 1. The second-order valence-corrected chi connectivity index (χ2v) is 5.94. The number of benzene rings is 1. The molecule has 5 nitrogen and oxygen atoms in total. The molecule has 22 heavy (non-hydrogen) atoms. The highest BCUT2D eigenvalue weighted by Gasteiger charge is 2.08. The van der Waals surface area contributed by atoms with Crippen molar-refractivity contribution in [2.45, 2.75) is 6.92 Å². The van der Waals surface area contributed by atoms with Crippen molar-refractivity contribution >= 4 is 29.8 Å². The normalized spacial score (nSPS) is 11.2. The molecule has 0 aliphatic carbocycles. The van der Waals surface area contributed by atoms with Gasteiger partial charge in [0.15, 0.2) is 5.82 Å². The van der Waals surface area contributed by atoms with Crippen LogP contribution in [0.3, 0.4) is 0 Å². The van der Waals surface area contributed by atoms with Crippen LogP contribution in [0.1, 0.15) is 10.4 Å². The van der Waals surface area contributed by atoms with E-state index >= 15 is 0 Å². The number of aromatic amines is 1. The fraction of sp³-hybridized carbons (Fsp3) is 0.133. The van der Waals surface area contributed by atoms with Crippen molar-refractivity contribution in [3.05, 3.63) is 50.9 Å². The fourth-order valence-corrected chi connectivity index (χ4v) is 2.91. The number of aromatic nitrogens is 3. The number of H-pyrrole nitrogens is 1. The van der Waals surface area contributed by atoms with Gasteiger partial charge in [-0.1, -0.05) is 0 Å². The van der Waals surface area contributed by atoms with Crippen LogP contribution in [-0.4, -0.2) is 28.2 Å². The van der Waals surface area contributed by atoms with E-state index in [4.69, 9.17) is 17.0 Å². The van der Waals surface area contributed by atoms with Crippen molar-refractivity contribution in [2.75, 3.05) is 7.11 Å². The summed E-state index contributed by atoms with van der Waals surface area (Å²) < 4.78 is 7.24. The molecule has 112 valence electrons. The van der Waals surface area contributed by atoms with Gasteiger partial charge in [-0.3, -0.25) is 0 Å². The first-order valence-electron chi connectivity index (χ1n) is 6.59. The van der Waals surface area contributed by atoms with Crippen LogP contribution in [0.5, 0.6) is 5.75 Å². The van der Waals surface area contributed by atoms with Gasteiger partial charge in [0.05, 0.1) is 18.2 Å². The van der Waals surface area contributed by atoms with Crippen molar-refractivity contribution in [1.29, 1.82) is 0 Å². The molecule has 3 rings (SSSR count). The molecule has 0 bridgehead atoms. The summed E-state index contributed by atoms with van der Waals surface area (Å²) >= 11 is 6.90. The minimum absolute atomic E-state index is 0.455. The van der Waals surface area contributed by atoms with Crippen molar-refractivity contribution in [2.24, 2.45) is 5.10 Å². The first-order chi connectivity index (χ1) is 10.7. The summed E-state index contributed by atoms with van der Waals surface area (Å²) in [5.74, 6) is 1.46. The lowest BCUT2D eigenvalue weighted by atomic mass is 10.2. The molecule has 2 heterocycles. The molecule has 0 spiro atoms. The zero-order valence-corrected chi connectivity index (χ0v) is 13.7. The summed E-state index contributed by atoms with van der Waals surface area (Å²) in [5.41, 5.74) is 2.10. The van der Waals surface area contributed by atoms with E-state index < -0.39 is 0 Å². The number of hydrogen-bond acceptors (Lipinski definition) is 5. The molecular formula is C15H14N4OS2. The van der Waals surface area contributed by atoms with E-state index in [1.165, 1.54) is 5.56 Å². The largest absolute Gasteiger partial charge is 0.497 e. The highest BCUT2D eigenvalue weighted by atomic mass is 32.1. The van der Waals surface area contributed by atoms with Crippen LogP contribution in [0.4, 0.5) is 0 Å². The summed E-state index contributed by atoms with van der Waals surface area (Å²) in [4.78, 5) is 1.10. The number of ether oxygens (including phenoxy) is 1. The van der Waals surface area contributed by atoms with Gasteiger partial charge in [-0.2, -0.15) is 14.9 Å². The third kappa shape index (κ3) is 2.86. The van der Waals surface area contributed by atoms with E-state index in [2.05, 4.69) is 28.3 Å². The minimum Gasteiger partial charge on any atom is -0.497 e. The zero-order chi connectivity index (χ0) is 15.5. The third-order valence-corrected chi connectivity index (χ3v) is 4.41. The predicted octanol–water partition coefficient (Wildman–Crippen LogP) is 3.87. The van der Waals surface area contributed by atoms with Crippen LogP contribution >= 0.6 is 23.6 Å². The number of rotatable bonds is 4. The second-order valence-electron chi connectivity index (χ2n) is 4.61. The van der Waals surface area contributed by atoms with Crippen molar-refractivity contribution < 1.29 is 4.74 Å². The molecule has 0 unspecified atom stereocenters. The first kappa shape index (κ1) is 14.7. The third-order valence-electron chi connectivity index (χ3n) is 3.19. The maximum absolute atomic E-state index is 5.26. The first-order valence-corrected chi connectivity index (χ1v) is 7.88. The molecule has 1 N–H and O–H groups in total. The van der Waals surface area contributed by atoms with Crippen molar-refractivity contribution in [1.82, 2.24) is 14.9 Å². The molecule has 0 aliphatic rings. The SMILES string of the molecule is COc1ccc(-c2n[nH]c(=S)n2/N=C\c2sccc2C)cc1.